The van der Waals surface area contributed by atoms with Gasteiger partial charge in [0, 0.05) is 18.2 Å². The largest absolute Gasteiger partial charge is 0.494 e. The van der Waals surface area contributed by atoms with Gasteiger partial charge in [0.1, 0.15) is 5.82 Å². The van der Waals surface area contributed by atoms with Gasteiger partial charge in [-0.3, -0.25) is 4.79 Å². The topological polar surface area (TPSA) is 38.3 Å². The Morgan fingerprint density at radius 3 is 2.39 bits per heavy atom. The zero-order valence-corrected chi connectivity index (χ0v) is 9.07. The zero-order valence-electron chi connectivity index (χ0n) is 9.07. The summed E-state index contributed by atoms with van der Waals surface area (Å²) in [5.41, 5.74) is -0.411. The van der Waals surface area contributed by atoms with Crippen LogP contribution in [0, 0.1) is 11.6 Å². The fourth-order valence-corrected chi connectivity index (χ4v) is 1.14. The van der Waals surface area contributed by atoms with E-state index in [1.165, 1.54) is 5.32 Å². The van der Waals surface area contributed by atoms with Gasteiger partial charge >= 0.3 is 12.1 Å². The maximum absolute atomic E-state index is 13.3. The van der Waals surface area contributed by atoms with Gasteiger partial charge in [-0.2, -0.15) is 13.2 Å². The van der Waals surface area contributed by atoms with Gasteiger partial charge in [0.2, 0.25) is 0 Å². The van der Waals surface area contributed by atoms with E-state index in [4.69, 9.17) is 0 Å². The molecule has 0 unspecified atom stereocenters. The molecule has 0 aromatic heterocycles. The van der Waals surface area contributed by atoms with Gasteiger partial charge in [-0.05, 0) is 6.07 Å². The highest BCUT2D eigenvalue weighted by molar-refractivity contribution is 5.81. The van der Waals surface area contributed by atoms with E-state index in [0.29, 0.717) is 12.1 Å². The van der Waals surface area contributed by atoms with Gasteiger partial charge in [-0.15, -0.1) is 0 Å². The Bertz CT molecular complexity index is 458. The van der Waals surface area contributed by atoms with Crippen molar-refractivity contribution in [2.45, 2.75) is 12.7 Å². The molecule has 3 nitrogen and oxygen atoms in total. The normalized spacial score (nSPS) is 11.2. The molecule has 0 aliphatic rings. The van der Waals surface area contributed by atoms with Crippen molar-refractivity contribution in [3.8, 4) is 5.75 Å². The number of halogens is 5. The standard InChI is InChI=1S/C10H8F5NO2/c1-18-8-3-6(11)5(2-7(8)12)4-16-9(17)10(13,14)15/h2-3H,4H2,1H3,(H,16,17). The summed E-state index contributed by atoms with van der Waals surface area (Å²) >= 11 is 0. The number of amides is 1. The van der Waals surface area contributed by atoms with E-state index in [-0.39, 0.29) is 5.75 Å². The van der Waals surface area contributed by atoms with Gasteiger partial charge in [-0.25, -0.2) is 8.78 Å². The Labute approximate surface area is 98.5 Å². The second-order valence-electron chi connectivity index (χ2n) is 3.26. The molecule has 0 spiro atoms. The van der Waals surface area contributed by atoms with Crippen LogP contribution in [0.4, 0.5) is 22.0 Å². The van der Waals surface area contributed by atoms with Crippen LogP contribution in [0.5, 0.6) is 5.75 Å². The molecule has 1 amide bonds. The molecule has 0 atom stereocenters. The predicted molar refractivity (Wildman–Crippen MR) is 50.8 cm³/mol. The number of nitrogens with one attached hydrogen (secondary N) is 1. The molecule has 0 aliphatic carbocycles. The molecule has 18 heavy (non-hydrogen) atoms. The first-order valence-corrected chi connectivity index (χ1v) is 4.62. The van der Waals surface area contributed by atoms with Crippen molar-refractivity contribution in [3.05, 3.63) is 29.3 Å². The Balaban J connectivity index is 2.81. The molecular weight excluding hydrogens is 261 g/mol. The summed E-state index contributed by atoms with van der Waals surface area (Å²) in [6, 6.07) is 1.34. The van der Waals surface area contributed by atoms with Crippen LogP contribution in [0.15, 0.2) is 12.1 Å². The molecule has 1 aromatic carbocycles. The lowest BCUT2D eigenvalue weighted by Crippen LogP contribution is -2.36. The summed E-state index contributed by atoms with van der Waals surface area (Å²) in [6.07, 6.45) is -5.07. The molecule has 0 heterocycles. The maximum atomic E-state index is 13.3. The van der Waals surface area contributed by atoms with E-state index in [0.717, 1.165) is 7.11 Å². The smallest absolute Gasteiger partial charge is 0.471 e. The summed E-state index contributed by atoms with van der Waals surface area (Å²) in [5, 5.41) is 1.43. The molecule has 8 heteroatoms. The van der Waals surface area contributed by atoms with Crippen LogP contribution in [0.1, 0.15) is 5.56 Å². The third-order valence-electron chi connectivity index (χ3n) is 2.02. The second kappa shape index (κ2) is 5.19. The van der Waals surface area contributed by atoms with Crippen LogP contribution >= 0.6 is 0 Å². The summed E-state index contributed by atoms with van der Waals surface area (Å²) < 4.78 is 66.5. The van der Waals surface area contributed by atoms with Crippen LogP contribution in [-0.2, 0) is 11.3 Å². The molecule has 0 radical (unpaired) electrons. The number of carbonyl (C=O) groups is 1. The molecule has 1 N–H and O–H groups in total. The summed E-state index contributed by atoms with van der Waals surface area (Å²) in [6.45, 7) is -0.773. The minimum absolute atomic E-state index is 0.376. The maximum Gasteiger partial charge on any atom is 0.471 e. The van der Waals surface area contributed by atoms with Crippen LogP contribution in [0.3, 0.4) is 0 Å². The highest BCUT2D eigenvalue weighted by atomic mass is 19.4. The first-order chi connectivity index (χ1) is 8.25. The first kappa shape index (κ1) is 14.2. The second-order valence-corrected chi connectivity index (χ2v) is 3.26. The van der Waals surface area contributed by atoms with Gasteiger partial charge in [0.05, 0.1) is 7.11 Å². The SMILES string of the molecule is COc1cc(F)c(CNC(=O)C(F)(F)F)cc1F. The van der Waals surface area contributed by atoms with Crippen molar-refractivity contribution in [1.82, 2.24) is 5.32 Å². The molecule has 100 valence electrons. The van der Waals surface area contributed by atoms with Gasteiger partial charge < -0.3 is 10.1 Å². The minimum atomic E-state index is -5.07. The van der Waals surface area contributed by atoms with Gasteiger partial charge in [0.15, 0.2) is 11.6 Å². The van der Waals surface area contributed by atoms with Crippen molar-refractivity contribution in [3.63, 3.8) is 0 Å². The fraction of sp³-hybridized carbons (Fsp3) is 0.300. The lowest BCUT2D eigenvalue weighted by molar-refractivity contribution is -0.173. The van der Waals surface area contributed by atoms with E-state index in [9.17, 15) is 26.7 Å². The number of rotatable bonds is 3. The van der Waals surface area contributed by atoms with Crippen molar-refractivity contribution >= 4 is 5.91 Å². The summed E-state index contributed by atoms with van der Waals surface area (Å²) in [5.74, 6) is -4.51. The number of hydrogen-bond donors (Lipinski definition) is 1. The number of carbonyl (C=O) groups excluding carboxylic acids is 1. The highest BCUT2D eigenvalue weighted by Crippen LogP contribution is 2.21. The van der Waals surface area contributed by atoms with Gasteiger partial charge in [-0.1, -0.05) is 0 Å². The number of methoxy groups -OCH3 is 1. The third-order valence-corrected chi connectivity index (χ3v) is 2.02. The number of ether oxygens (including phenoxy) is 1. The van der Waals surface area contributed by atoms with E-state index in [2.05, 4.69) is 4.74 Å². The zero-order chi connectivity index (χ0) is 13.9. The molecule has 0 saturated carbocycles. The fourth-order valence-electron chi connectivity index (χ4n) is 1.14. The first-order valence-electron chi connectivity index (χ1n) is 4.62. The van der Waals surface area contributed by atoms with E-state index < -0.39 is 35.8 Å². The Morgan fingerprint density at radius 1 is 1.28 bits per heavy atom. The Kier molecular flexibility index (Phi) is 4.10. The average Bonchev–Trinajstić information content (AvgIpc) is 2.27. The third kappa shape index (κ3) is 3.31. The average molecular weight is 269 g/mol. The van der Waals surface area contributed by atoms with Crippen LogP contribution in [0.25, 0.3) is 0 Å². The lowest BCUT2D eigenvalue weighted by Gasteiger charge is -2.10. The van der Waals surface area contributed by atoms with Crippen molar-refractivity contribution in [1.29, 1.82) is 0 Å². The van der Waals surface area contributed by atoms with E-state index >= 15 is 0 Å². The predicted octanol–water partition coefficient (Wildman–Crippen LogP) is 2.15. The van der Waals surface area contributed by atoms with Gasteiger partial charge in [0.25, 0.3) is 0 Å². The molecule has 0 aliphatic heterocycles. The summed E-state index contributed by atoms with van der Waals surface area (Å²) in [7, 11) is 1.11. The van der Waals surface area contributed by atoms with Crippen molar-refractivity contribution in [2.24, 2.45) is 0 Å². The number of hydrogen-bond acceptors (Lipinski definition) is 2. The van der Waals surface area contributed by atoms with Crippen molar-refractivity contribution < 1.29 is 31.5 Å². The summed E-state index contributed by atoms with van der Waals surface area (Å²) in [4.78, 5) is 10.5. The molecule has 0 bridgehead atoms. The molecular formula is C10H8F5NO2. The van der Waals surface area contributed by atoms with Crippen molar-refractivity contribution in [2.75, 3.05) is 7.11 Å². The van der Waals surface area contributed by atoms with Crippen LogP contribution in [0.2, 0.25) is 0 Å². The van der Waals surface area contributed by atoms with E-state index in [1.807, 2.05) is 0 Å². The molecule has 0 saturated heterocycles. The lowest BCUT2D eigenvalue weighted by atomic mass is 10.2. The van der Waals surface area contributed by atoms with Crippen LogP contribution in [-0.4, -0.2) is 19.2 Å². The highest BCUT2D eigenvalue weighted by Gasteiger charge is 2.38. The number of benzene rings is 1. The van der Waals surface area contributed by atoms with Crippen LogP contribution < -0.4 is 10.1 Å². The molecule has 0 fully saturated rings. The van der Waals surface area contributed by atoms with E-state index in [1.54, 1.807) is 0 Å². The molecule has 1 rings (SSSR count). The quantitative estimate of drug-likeness (QED) is 0.854. The molecule has 1 aromatic rings. The number of alkyl halides is 3. The monoisotopic (exact) mass is 269 g/mol. The Morgan fingerprint density at radius 2 is 1.89 bits per heavy atom. The Hall–Kier alpha value is -1.86. The minimum Gasteiger partial charge on any atom is -0.494 e.